The third-order valence-corrected chi connectivity index (χ3v) is 3.02. The second-order valence-electron chi connectivity index (χ2n) is 4.29. The van der Waals surface area contributed by atoms with Crippen molar-refractivity contribution in [2.75, 3.05) is 33.4 Å². The van der Waals surface area contributed by atoms with Crippen LogP contribution >= 0.6 is 0 Å². The van der Waals surface area contributed by atoms with Gasteiger partial charge in [0.15, 0.2) is 0 Å². The van der Waals surface area contributed by atoms with E-state index >= 15 is 0 Å². The summed E-state index contributed by atoms with van der Waals surface area (Å²) in [6, 6.07) is 2.04. The first kappa shape index (κ1) is 14.9. The predicted octanol–water partition coefficient (Wildman–Crippen LogP) is -0.119. The molecule has 1 rings (SSSR count). The molecule has 0 spiro atoms. The number of methoxy groups -OCH3 is 1. The van der Waals surface area contributed by atoms with Crippen LogP contribution in [0, 0.1) is 11.3 Å². The van der Waals surface area contributed by atoms with Crippen LogP contribution in [0.2, 0.25) is 0 Å². The maximum absolute atomic E-state index is 12.2. The highest BCUT2D eigenvalue weighted by Gasteiger charge is 2.32. The number of carbonyl (C=O) groups is 1. The van der Waals surface area contributed by atoms with E-state index in [4.69, 9.17) is 20.5 Å². The lowest BCUT2D eigenvalue weighted by Gasteiger charge is -2.24. The first-order valence-corrected chi connectivity index (χ1v) is 6.23. The van der Waals surface area contributed by atoms with Gasteiger partial charge in [0.05, 0.1) is 25.2 Å². The van der Waals surface area contributed by atoms with Gasteiger partial charge in [0.1, 0.15) is 6.10 Å². The Bertz CT molecular complexity index is 303. The van der Waals surface area contributed by atoms with Gasteiger partial charge in [-0.05, 0) is 12.8 Å². The van der Waals surface area contributed by atoms with Crippen molar-refractivity contribution in [3.63, 3.8) is 0 Å². The van der Waals surface area contributed by atoms with E-state index in [0.717, 1.165) is 6.42 Å². The van der Waals surface area contributed by atoms with Crippen LogP contribution in [0.1, 0.15) is 19.3 Å². The molecule has 0 radical (unpaired) electrons. The number of ether oxygens (including phenoxy) is 2. The van der Waals surface area contributed by atoms with Crippen LogP contribution in [-0.2, 0) is 14.3 Å². The van der Waals surface area contributed by atoms with Gasteiger partial charge in [-0.15, -0.1) is 0 Å². The summed E-state index contributed by atoms with van der Waals surface area (Å²) in [6.07, 6.45) is 1.43. The van der Waals surface area contributed by atoms with Gasteiger partial charge in [-0.2, -0.15) is 5.26 Å². The fraction of sp³-hybridized carbons (Fsp3) is 0.833. The number of nitriles is 1. The molecule has 1 amide bonds. The molecule has 0 aliphatic carbocycles. The number of hydrogen-bond acceptors (Lipinski definition) is 5. The number of nitrogens with zero attached hydrogens (tertiary/aromatic N) is 2. The first-order valence-electron chi connectivity index (χ1n) is 6.23. The molecule has 0 aromatic rings. The van der Waals surface area contributed by atoms with Crippen LogP contribution in [0.5, 0.6) is 0 Å². The van der Waals surface area contributed by atoms with Crippen molar-refractivity contribution in [2.24, 2.45) is 5.73 Å². The zero-order chi connectivity index (χ0) is 13.4. The van der Waals surface area contributed by atoms with E-state index in [9.17, 15) is 4.79 Å². The number of rotatable bonds is 7. The number of amides is 1. The third kappa shape index (κ3) is 4.26. The van der Waals surface area contributed by atoms with Crippen LogP contribution in [0.4, 0.5) is 0 Å². The molecular formula is C12H21N3O3. The normalized spacial score (nSPS) is 22.7. The summed E-state index contributed by atoms with van der Waals surface area (Å²) in [5.74, 6) is -0.0572. The summed E-state index contributed by atoms with van der Waals surface area (Å²) in [6.45, 7) is 1.82. The molecule has 1 saturated heterocycles. The second-order valence-corrected chi connectivity index (χ2v) is 4.29. The predicted molar refractivity (Wildman–Crippen MR) is 65.6 cm³/mol. The van der Waals surface area contributed by atoms with E-state index in [-0.39, 0.29) is 12.0 Å². The van der Waals surface area contributed by atoms with Gasteiger partial charge >= 0.3 is 0 Å². The van der Waals surface area contributed by atoms with Crippen molar-refractivity contribution >= 4 is 5.91 Å². The number of hydrogen-bond donors (Lipinski definition) is 1. The van der Waals surface area contributed by atoms with Crippen molar-refractivity contribution in [1.82, 2.24) is 4.90 Å². The van der Waals surface area contributed by atoms with E-state index in [0.29, 0.717) is 39.1 Å². The Morgan fingerprint density at radius 1 is 1.56 bits per heavy atom. The molecule has 0 aromatic heterocycles. The summed E-state index contributed by atoms with van der Waals surface area (Å²) in [5.41, 5.74) is 5.52. The highest BCUT2D eigenvalue weighted by atomic mass is 16.5. The summed E-state index contributed by atoms with van der Waals surface area (Å²) >= 11 is 0. The van der Waals surface area contributed by atoms with Gasteiger partial charge < -0.3 is 20.1 Å². The van der Waals surface area contributed by atoms with Crippen LogP contribution in [0.15, 0.2) is 0 Å². The SMILES string of the molecule is COCCN(CCC#N)C(=O)C1CCC(CN)O1. The largest absolute Gasteiger partial charge is 0.383 e. The van der Waals surface area contributed by atoms with Gasteiger partial charge in [-0.3, -0.25) is 4.79 Å². The third-order valence-electron chi connectivity index (χ3n) is 3.02. The van der Waals surface area contributed by atoms with Crippen molar-refractivity contribution in [2.45, 2.75) is 31.5 Å². The van der Waals surface area contributed by atoms with Crippen molar-refractivity contribution in [1.29, 1.82) is 5.26 Å². The van der Waals surface area contributed by atoms with E-state index in [1.54, 1.807) is 12.0 Å². The molecule has 102 valence electrons. The molecule has 2 atom stereocenters. The Hall–Kier alpha value is -1.16. The smallest absolute Gasteiger partial charge is 0.251 e. The maximum atomic E-state index is 12.2. The number of nitrogens with two attached hydrogens (primary N) is 1. The van der Waals surface area contributed by atoms with Crippen LogP contribution in [-0.4, -0.2) is 56.4 Å². The number of carbonyl (C=O) groups excluding carboxylic acids is 1. The van der Waals surface area contributed by atoms with E-state index in [1.807, 2.05) is 6.07 Å². The molecule has 18 heavy (non-hydrogen) atoms. The minimum absolute atomic E-state index is 0.0146. The minimum atomic E-state index is -0.408. The van der Waals surface area contributed by atoms with Gasteiger partial charge in [0, 0.05) is 26.7 Å². The molecule has 0 aromatic carbocycles. The Morgan fingerprint density at radius 2 is 2.33 bits per heavy atom. The molecule has 1 aliphatic rings. The molecular weight excluding hydrogens is 234 g/mol. The Labute approximate surface area is 108 Å². The molecule has 1 aliphatic heterocycles. The van der Waals surface area contributed by atoms with Crippen LogP contribution in [0.25, 0.3) is 0 Å². The molecule has 2 N–H and O–H groups in total. The molecule has 6 heteroatoms. The average molecular weight is 255 g/mol. The van der Waals surface area contributed by atoms with Gasteiger partial charge in [0.2, 0.25) is 0 Å². The van der Waals surface area contributed by atoms with Crippen molar-refractivity contribution < 1.29 is 14.3 Å². The highest BCUT2D eigenvalue weighted by molar-refractivity contribution is 5.81. The maximum Gasteiger partial charge on any atom is 0.251 e. The van der Waals surface area contributed by atoms with Crippen molar-refractivity contribution in [3.8, 4) is 6.07 Å². The molecule has 1 heterocycles. The van der Waals surface area contributed by atoms with E-state index in [1.165, 1.54) is 0 Å². The lowest BCUT2D eigenvalue weighted by Crippen LogP contribution is -2.41. The molecule has 0 bridgehead atoms. The minimum Gasteiger partial charge on any atom is -0.383 e. The van der Waals surface area contributed by atoms with Crippen LogP contribution in [0.3, 0.4) is 0 Å². The fourth-order valence-corrected chi connectivity index (χ4v) is 1.98. The first-order chi connectivity index (χ1) is 8.72. The molecule has 6 nitrogen and oxygen atoms in total. The Morgan fingerprint density at radius 3 is 2.89 bits per heavy atom. The molecule has 0 saturated carbocycles. The Kier molecular flexibility index (Phi) is 6.65. The monoisotopic (exact) mass is 255 g/mol. The summed E-state index contributed by atoms with van der Waals surface area (Å²) < 4.78 is 10.5. The van der Waals surface area contributed by atoms with E-state index < -0.39 is 6.10 Å². The lowest BCUT2D eigenvalue weighted by atomic mass is 10.1. The van der Waals surface area contributed by atoms with Gasteiger partial charge in [0.25, 0.3) is 5.91 Å². The zero-order valence-corrected chi connectivity index (χ0v) is 10.8. The molecule has 1 fully saturated rings. The zero-order valence-electron chi connectivity index (χ0n) is 10.8. The summed E-state index contributed by atoms with van der Waals surface area (Å²) in [4.78, 5) is 13.8. The lowest BCUT2D eigenvalue weighted by molar-refractivity contribution is -0.143. The average Bonchev–Trinajstić information content (AvgIpc) is 2.87. The second kappa shape index (κ2) is 8.03. The quantitative estimate of drug-likeness (QED) is 0.685. The summed E-state index contributed by atoms with van der Waals surface area (Å²) in [7, 11) is 1.59. The fourth-order valence-electron chi connectivity index (χ4n) is 1.98. The Balaban J connectivity index is 2.50. The topological polar surface area (TPSA) is 88.6 Å². The van der Waals surface area contributed by atoms with Gasteiger partial charge in [-0.25, -0.2) is 0 Å². The van der Waals surface area contributed by atoms with Crippen LogP contribution < -0.4 is 5.73 Å². The highest BCUT2D eigenvalue weighted by Crippen LogP contribution is 2.20. The standard InChI is InChI=1S/C12H21N3O3/c1-17-8-7-15(6-2-5-13)12(16)11-4-3-10(9-14)18-11/h10-11H,2-4,6-9,14H2,1H3. The summed E-state index contributed by atoms with van der Waals surface area (Å²) in [5, 5.41) is 8.60. The molecule has 2 unspecified atom stereocenters. The van der Waals surface area contributed by atoms with Gasteiger partial charge in [-0.1, -0.05) is 0 Å². The van der Waals surface area contributed by atoms with E-state index in [2.05, 4.69) is 0 Å². The van der Waals surface area contributed by atoms with Crippen molar-refractivity contribution in [3.05, 3.63) is 0 Å².